The summed E-state index contributed by atoms with van der Waals surface area (Å²) in [5.41, 5.74) is 0.617. The van der Waals surface area contributed by atoms with E-state index in [9.17, 15) is 13.6 Å². The number of rotatable bonds is 4. The van der Waals surface area contributed by atoms with Gasteiger partial charge < -0.3 is 4.74 Å². The predicted molar refractivity (Wildman–Crippen MR) is 41.9 cm³/mol. The summed E-state index contributed by atoms with van der Waals surface area (Å²) in [6.45, 7) is 1.32. The first-order chi connectivity index (χ1) is 6.24. The molecule has 2 nitrogen and oxygen atoms in total. The van der Waals surface area contributed by atoms with Gasteiger partial charge >= 0.3 is 6.47 Å². The third-order valence-corrected chi connectivity index (χ3v) is 1.53. The highest BCUT2D eigenvalue weighted by atomic mass is 19.3. The number of benzene rings is 1. The first kappa shape index (κ1) is 9.64. The highest BCUT2D eigenvalue weighted by molar-refractivity contribution is 5.38. The molecule has 69 valence electrons. The van der Waals surface area contributed by atoms with Gasteiger partial charge in [0, 0.05) is 5.56 Å². The zero-order valence-corrected chi connectivity index (χ0v) is 6.67. The third-order valence-electron chi connectivity index (χ3n) is 1.53. The number of hydrogen-bond donors (Lipinski definition) is 0. The molecule has 0 amide bonds. The summed E-state index contributed by atoms with van der Waals surface area (Å²) in [6, 6.07) is 5.57. The Hall–Kier alpha value is -1.45. The summed E-state index contributed by atoms with van der Waals surface area (Å²) in [6.07, 6.45) is -2.47. The Morgan fingerprint density at radius 2 is 1.92 bits per heavy atom. The molecule has 0 bridgehead atoms. The van der Waals surface area contributed by atoms with Crippen molar-refractivity contribution in [1.82, 2.24) is 0 Å². The van der Waals surface area contributed by atoms with Crippen LogP contribution in [0.4, 0.5) is 8.78 Å². The van der Waals surface area contributed by atoms with E-state index in [0.29, 0.717) is 5.56 Å². The Bertz CT molecular complexity index is 269. The maximum atomic E-state index is 12.1. The van der Waals surface area contributed by atoms with Crippen LogP contribution in [-0.2, 0) is 16.1 Å². The van der Waals surface area contributed by atoms with Gasteiger partial charge in [-0.2, -0.15) is 0 Å². The standard InChI is InChI=1S/C9H7F2O2/c10-9(11)8-3-1-7(2-4-8)5-13-6-12/h1-4,9H,5H2. The van der Waals surface area contributed by atoms with E-state index in [-0.39, 0.29) is 12.2 Å². The van der Waals surface area contributed by atoms with E-state index in [2.05, 4.69) is 4.74 Å². The van der Waals surface area contributed by atoms with Crippen molar-refractivity contribution in [2.75, 3.05) is 0 Å². The van der Waals surface area contributed by atoms with E-state index >= 15 is 0 Å². The van der Waals surface area contributed by atoms with Crippen LogP contribution in [0.3, 0.4) is 0 Å². The van der Waals surface area contributed by atoms with E-state index in [4.69, 9.17) is 0 Å². The van der Waals surface area contributed by atoms with Gasteiger partial charge in [-0.15, -0.1) is 0 Å². The zero-order valence-electron chi connectivity index (χ0n) is 6.67. The van der Waals surface area contributed by atoms with Crippen molar-refractivity contribution in [1.29, 1.82) is 0 Å². The SMILES string of the molecule is O=[C]OCc1ccc(C(F)F)cc1. The quantitative estimate of drug-likeness (QED) is 0.718. The predicted octanol–water partition coefficient (Wildman–Crippen LogP) is 2.21. The smallest absolute Gasteiger partial charge is 0.417 e. The lowest BCUT2D eigenvalue weighted by molar-refractivity contribution is 0.151. The van der Waals surface area contributed by atoms with Crippen LogP contribution in [0, 0.1) is 0 Å². The summed E-state index contributed by atoms with van der Waals surface area (Å²) in [5, 5.41) is 0. The Morgan fingerprint density at radius 3 is 2.38 bits per heavy atom. The van der Waals surface area contributed by atoms with E-state index in [1.165, 1.54) is 30.7 Å². The fraction of sp³-hybridized carbons (Fsp3) is 0.222. The molecule has 0 N–H and O–H groups in total. The van der Waals surface area contributed by atoms with Gasteiger partial charge in [-0.25, -0.2) is 13.6 Å². The number of carbonyl (C=O) groups excluding carboxylic acids is 1. The minimum absolute atomic E-state index is 0.0427. The van der Waals surface area contributed by atoms with E-state index in [0.717, 1.165) is 0 Å². The molecule has 1 rings (SSSR count). The molecule has 0 heterocycles. The molecular weight excluding hydrogens is 178 g/mol. The molecule has 0 aliphatic carbocycles. The molecule has 0 spiro atoms. The molecule has 1 aromatic carbocycles. The van der Waals surface area contributed by atoms with Crippen LogP contribution >= 0.6 is 0 Å². The van der Waals surface area contributed by atoms with Gasteiger partial charge in [-0.05, 0) is 5.56 Å². The van der Waals surface area contributed by atoms with Gasteiger partial charge in [-0.3, -0.25) is 0 Å². The van der Waals surface area contributed by atoms with Gasteiger partial charge in [0.1, 0.15) is 6.61 Å². The molecule has 4 heteroatoms. The fourth-order valence-electron chi connectivity index (χ4n) is 0.872. The maximum absolute atomic E-state index is 12.1. The first-order valence-electron chi connectivity index (χ1n) is 3.60. The lowest BCUT2D eigenvalue weighted by Crippen LogP contribution is -1.91. The van der Waals surface area contributed by atoms with Crippen molar-refractivity contribution in [2.24, 2.45) is 0 Å². The summed E-state index contributed by atoms with van der Waals surface area (Å²) >= 11 is 0. The van der Waals surface area contributed by atoms with Crippen LogP contribution in [0.2, 0.25) is 0 Å². The van der Waals surface area contributed by atoms with Crippen molar-refractivity contribution in [3.8, 4) is 0 Å². The molecule has 0 saturated heterocycles. The van der Waals surface area contributed by atoms with Crippen molar-refractivity contribution >= 4 is 6.47 Å². The van der Waals surface area contributed by atoms with Crippen LogP contribution in [0.1, 0.15) is 17.6 Å². The normalized spacial score (nSPS) is 10.1. The molecule has 0 aliphatic heterocycles. The molecule has 0 unspecified atom stereocenters. The topological polar surface area (TPSA) is 26.3 Å². The second kappa shape index (κ2) is 4.54. The average Bonchev–Trinajstić information content (AvgIpc) is 2.15. The van der Waals surface area contributed by atoms with E-state index in [1.807, 2.05) is 0 Å². The summed E-state index contributed by atoms with van der Waals surface area (Å²) in [4.78, 5) is 9.69. The fourth-order valence-corrected chi connectivity index (χ4v) is 0.872. The molecule has 0 aliphatic rings. The van der Waals surface area contributed by atoms with Gasteiger partial charge in [0.15, 0.2) is 0 Å². The summed E-state index contributed by atoms with van der Waals surface area (Å²) < 4.78 is 28.4. The van der Waals surface area contributed by atoms with E-state index in [1.54, 1.807) is 0 Å². The molecule has 13 heavy (non-hydrogen) atoms. The monoisotopic (exact) mass is 185 g/mol. The number of alkyl halides is 2. The van der Waals surface area contributed by atoms with Crippen molar-refractivity contribution < 1.29 is 18.3 Å². The minimum atomic E-state index is -2.47. The number of ether oxygens (including phenoxy) is 1. The first-order valence-corrected chi connectivity index (χ1v) is 3.60. The highest BCUT2D eigenvalue weighted by Gasteiger charge is 2.05. The minimum Gasteiger partial charge on any atom is -0.452 e. The van der Waals surface area contributed by atoms with Gasteiger partial charge in [0.25, 0.3) is 6.43 Å². The molecule has 0 aromatic heterocycles. The Balaban J connectivity index is 2.64. The van der Waals surface area contributed by atoms with Gasteiger partial charge in [0.2, 0.25) is 0 Å². The Kier molecular flexibility index (Phi) is 3.37. The third kappa shape index (κ3) is 2.82. The summed E-state index contributed by atoms with van der Waals surface area (Å²) in [7, 11) is 0. The van der Waals surface area contributed by atoms with Gasteiger partial charge in [-0.1, -0.05) is 24.3 Å². The Morgan fingerprint density at radius 1 is 1.31 bits per heavy atom. The number of hydrogen-bond acceptors (Lipinski definition) is 2. The van der Waals surface area contributed by atoms with Crippen LogP contribution in [0.25, 0.3) is 0 Å². The zero-order chi connectivity index (χ0) is 9.68. The summed E-state index contributed by atoms with van der Waals surface area (Å²) in [5.74, 6) is 0. The van der Waals surface area contributed by atoms with Crippen molar-refractivity contribution in [2.45, 2.75) is 13.0 Å². The lowest BCUT2D eigenvalue weighted by atomic mass is 10.1. The van der Waals surface area contributed by atoms with E-state index < -0.39 is 6.43 Å². The van der Waals surface area contributed by atoms with Crippen LogP contribution in [0.5, 0.6) is 0 Å². The maximum Gasteiger partial charge on any atom is 0.417 e. The molecule has 0 fully saturated rings. The number of halogens is 2. The molecule has 1 aromatic rings. The average molecular weight is 185 g/mol. The highest BCUT2D eigenvalue weighted by Crippen LogP contribution is 2.18. The van der Waals surface area contributed by atoms with Gasteiger partial charge in [0.05, 0.1) is 0 Å². The molecule has 0 saturated carbocycles. The largest absolute Gasteiger partial charge is 0.452 e. The molecular formula is C9H7F2O2. The molecule has 1 radical (unpaired) electrons. The second-order valence-electron chi connectivity index (χ2n) is 2.41. The second-order valence-corrected chi connectivity index (χ2v) is 2.41. The Labute approximate surface area is 74.1 Å². The van der Waals surface area contributed by atoms with Crippen LogP contribution in [0.15, 0.2) is 24.3 Å². The van der Waals surface area contributed by atoms with Crippen molar-refractivity contribution in [3.63, 3.8) is 0 Å². The van der Waals surface area contributed by atoms with Crippen LogP contribution in [-0.4, -0.2) is 6.47 Å². The van der Waals surface area contributed by atoms with Crippen molar-refractivity contribution in [3.05, 3.63) is 35.4 Å². The van der Waals surface area contributed by atoms with Crippen LogP contribution < -0.4 is 0 Å². The molecule has 0 atom stereocenters. The lowest BCUT2D eigenvalue weighted by Gasteiger charge is -2.01.